The summed E-state index contributed by atoms with van der Waals surface area (Å²) in [6.07, 6.45) is -5.68. The van der Waals surface area contributed by atoms with Crippen LogP contribution in [0.5, 0.6) is 0 Å². The average Bonchev–Trinajstić information content (AvgIpc) is 3.01. The van der Waals surface area contributed by atoms with Crippen molar-refractivity contribution in [1.82, 2.24) is 4.57 Å². The number of amides is 1. The van der Waals surface area contributed by atoms with E-state index in [9.17, 15) is 31.5 Å². The van der Waals surface area contributed by atoms with Crippen LogP contribution in [0.25, 0.3) is 5.69 Å². The zero-order valence-corrected chi connectivity index (χ0v) is 20.6. The number of nitrogens with two attached hydrogens (primary N) is 1. The molecule has 0 aliphatic carbocycles. The Morgan fingerprint density at radius 1 is 1.17 bits per heavy atom. The maximum atomic E-state index is 13.8. The van der Waals surface area contributed by atoms with Crippen LogP contribution < -0.4 is 10.5 Å². The first-order valence-corrected chi connectivity index (χ1v) is 12.3. The standard InChI is InChI=1S/C22H20Cl2F3N3O4S/c1-11(31)7-15-10-16(21(32)29-14-4-6-20(18(24)9-14)35(28,33)34)12(2)30(15)19-5-3-13(23)8-17(19)22(25,26)27/h3-6,8-11,31H,7H2,1-2H3,(H,29,32)(H2,28,33,34)/t11-/m0/s1. The first-order valence-electron chi connectivity index (χ1n) is 9.99. The fraction of sp³-hybridized carbons (Fsp3) is 0.227. The number of carbonyl (C=O) groups excluding carboxylic acids is 1. The number of anilines is 1. The number of aromatic nitrogens is 1. The second-order valence-corrected chi connectivity index (χ2v) is 10.2. The van der Waals surface area contributed by atoms with Gasteiger partial charge in [0.25, 0.3) is 5.91 Å². The number of carbonyl (C=O) groups is 1. The summed E-state index contributed by atoms with van der Waals surface area (Å²) in [5.41, 5.74) is -0.645. The molecule has 4 N–H and O–H groups in total. The van der Waals surface area contributed by atoms with Gasteiger partial charge < -0.3 is 15.0 Å². The quantitative estimate of drug-likeness (QED) is 0.404. The second kappa shape index (κ2) is 9.82. The Morgan fingerprint density at radius 2 is 1.83 bits per heavy atom. The van der Waals surface area contributed by atoms with Crippen molar-refractivity contribution < 1.29 is 31.5 Å². The van der Waals surface area contributed by atoms with Gasteiger partial charge in [0, 0.05) is 28.5 Å². The van der Waals surface area contributed by atoms with Gasteiger partial charge >= 0.3 is 6.18 Å². The number of alkyl halides is 3. The summed E-state index contributed by atoms with van der Waals surface area (Å²) in [4.78, 5) is 12.7. The van der Waals surface area contributed by atoms with E-state index in [-0.39, 0.29) is 49.7 Å². The molecule has 35 heavy (non-hydrogen) atoms. The molecule has 188 valence electrons. The van der Waals surface area contributed by atoms with Crippen LogP contribution in [0.1, 0.15) is 34.2 Å². The third kappa shape index (κ3) is 5.99. The van der Waals surface area contributed by atoms with Crippen molar-refractivity contribution in [3.05, 3.63) is 75.0 Å². The van der Waals surface area contributed by atoms with Crippen LogP contribution in [0, 0.1) is 6.92 Å². The third-order valence-electron chi connectivity index (χ3n) is 5.07. The van der Waals surface area contributed by atoms with E-state index >= 15 is 0 Å². The Balaban J connectivity index is 2.10. The topological polar surface area (TPSA) is 114 Å². The summed E-state index contributed by atoms with van der Waals surface area (Å²) in [5.74, 6) is -0.685. The molecular formula is C22H20Cl2F3N3O4S. The van der Waals surface area contributed by atoms with Gasteiger partial charge in [0.1, 0.15) is 4.90 Å². The minimum atomic E-state index is -4.73. The van der Waals surface area contributed by atoms with Crippen LogP contribution in [0.4, 0.5) is 18.9 Å². The fourth-order valence-corrected chi connectivity index (χ4v) is 4.89. The second-order valence-electron chi connectivity index (χ2n) is 7.83. The van der Waals surface area contributed by atoms with Crippen LogP contribution in [-0.2, 0) is 22.6 Å². The van der Waals surface area contributed by atoms with E-state index in [2.05, 4.69) is 5.32 Å². The molecule has 1 aromatic heterocycles. The van der Waals surface area contributed by atoms with E-state index in [1.165, 1.54) is 48.7 Å². The van der Waals surface area contributed by atoms with E-state index in [0.717, 1.165) is 12.1 Å². The molecule has 3 aromatic rings. The van der Waals surface area contributed by atoms with E-state index < -0.39 is 33.8 Å². The predicted octanol–water partition coefficient (Wildman–Crippen LogP) is 4.93. The van der Waals surface area contributed by atoms with Crippen LogP contribution in [0.3, 0.4) is 0 Å². The van der Waals surface area contributed by atoms with Crippen molar-refractivity contribution in [2.24, 2.45) is 5.14 Å². The van der Waals surface area contributed by atoms with Gasteiger partial charge in [-0.2, -0.15) is 13.2 Å². The summed E-state index contributed by atoms with van der Waals surface area (Å²) in [7, 11) is -4.07. The zero-order chi connectivity index (χ0) is 26.3. The lowest BCUT2D eigenvalue weighted by Crippen LogP contribution is -2.16. The summed E-state index contributed by atoms with van der Waals surface area (Å²) < 4.78 is 65.7. The molecule has 2 aromatic carbocycles. The van der Waals surface area contributed by atoms with Crippen LogP contribution in [-0.4, -0.2) is 30.1 Å². The number of halogens is 5. The lowest BCUT2D eigenvalue weighted by atomic mass is 10.1. The van der Waals surface area contributed by atoms with Gasteiger partial charge in [0.05, 0.1) is 27.9 Å². The minimum Gasteiger partial charge on any atom is -0.393 e. The summed E-state index contributed by atoms with van der Waals surface area (Å²) in [5, 5.41) is 17.2. The first kappa shape index (κ1) is 27.0. The van der Waals surface area contributed by atoms with Crippen molar-refractivity contribution in [3.63, 3.8) is 0 Å². The number of primary sulfonamides is 1. The lowest BCUT2D eigenvalue weighted by molar-refractivity contribution is -0.137. The number of rotatable bonds is 6. The van der Waals surface area contributed by atoms with Crippen LogP contribution in [0.15, 0.2) is 47.4 Å². The molecule has 0 bridgehead atoms. The Bertz CT molecular complexity index is 1400. The number of nitrogens with one attached hydrogen (secondary N) is 1. The number of hydrogen-bond donors (Lipinski definition) is 3. The highest BCUT2D eigenvalue weighted by molar-refractivity contribution is 7.89. The van der Waals surface area contributed by atoms with Crippen molar-refractivity contribution in [2.75, 3.05) is 5.32 Å². The molecule has 0 aliphatic rings. The summed E-state index contributed by atoms with van der Waals surface area (Å²) >= 11 is 11.8. The normalized spacial score (nSPS) is 13.1. The highest BCUT2D eigenvalue weighted by Gasteiger charge is 2.35. The summed E-state index contributed by atoms with van der Waals surface area (Å²) in [6, 6.07) is 8.23. The van der Waals surface area contributed by atoms with Crippen molar-refractivity contribution in [3.8, 4) is 5.69 Å². The number of hydrogen-bond acceptors (Lipinski definition) is 4. The number of nitrogens with zero attached hydrogens (tertiary/aromatic N) is 1. The van der Waals surface area contributed by atoms with Gasteiger partial charge in [-0.1, -0.05) is 23.2 Å². The van der Waals surface area contributed by atoms with Gasteiger partial charge in [0.15, 0.2) is 0 Å². The first-order chi connectivity index (χ1) is 16.1. The predicted molar refractivity (Wildman–Crippen MR) is 127 cm³/mol. The molecular weight excluding hydrogens is 530 g/mol. The van der Waals surface area contributed by atoms with Gasteiger partial charge in [0.2, 0.25) is 10.0 Å². The molecule has 0 saturated carbocycles. The highest BCUT2D eigenvalue weighted by Crippen LogP contribution is 2.37. The number of sulfonamides is 1. The molecule has 0 saturated heterocycles. The molecule has 0 unspecified atom stereocenters. The molecule has 1 atom stereocenters. The minimum absolute atomic E-state index is 0.0374. The average molecular weight is 550 g/mol. The summed E-state index contributed by atoms with van der Waals surface area (Å²) in [6.45, 7) is 2.93. The molecule has 0 fully saturated rings. The van der Waals surface area contributed by atoms with Crippen LogP contribution >= 0.6 is 23.2 Å². The third-order valence-corrected chi connectivity index (χ3v) is 6.70. The van der Waals surface area contributed by atoms with E-state index in [1.807, 2.05) is 0 Å². The largest absolute Gasteiger partial charge is 0.418 e. The van der Waals surface area contributed by atoms with Crippen LogP contribution in [0.2, 0.25) is 10.0 Å². The smallest absolute Gasteiger partial charge is 0.393 e. The van der Waals surface area contributed by atoms with Crippen molar-refractivity contribution >= 4 is 44.8 Å². The molecule has 7 nitrogen and oxygen atoms in total. The SMILES string of the molecule is Cc1c(C(=O)Nc2ccc(S(N)(=O)=O)c(Cl)c2)cc(C[C@H](C)O)n1-c1ccc(Cl)cc1C(F)(F)F. The molecule has 13 heteroatoms. The maximum Gasteiger partial charge on any atom is 0.418 e. The Morgan fingerprint density at radius 3 is 2.37 bits per heavy atom. The van der Waals surface area contributed by atoms with Gasteiger partial charge in [-0.05, 0) is 56.3 Å². The molecule has 3 rings (SSSR count). The Kier molecular flexibility index (Phi) is 7.59. The number of benzene rings is 2. The molecule has 0 aliphatic heterocycles. The lowest BCUT2D eigenvalue weighted by Gasteiger charge is -2.19. The zero-order valence-electron chi connectivity index (χ0n) is 18.3. The van der Waals surface area contributed by atoms with Gasteiger partial charge in [-0.3, -0.25) is 4.79 Å². The van der Waals surface area contributed by atoms with Crippen molar-refractivity contribution in [2.45, 2.75) is 37.4 Å². The Hall–Kier alpha value is -2.57. The van der Waals surface area contributed by atoms with Crippen molar-refractivity contribution in [1.29, 1.82) is 0 Å². The monoisotopic (exact) mass is 549 g/mol. The fourth-order valence-electron chi connectivity index (χ4n) is 3.63. The highest BCUT2D eigenvalue weighted by atomic mass is 35.5. The molecule has 0 spiro atoms. The number of aliphatic hydroxyl groups is 1. The van der Waals surface area contributed by atoms with Gasteiger partial charge in [-0.15, -0.1) is 0 Å². The van der Waals surface area contributed by atoms with E-state index in [0.29, 0.717) is 0 Å². The van der Waals surface area contributed by atoms with E-state index in [4.69, 9.17) is 28.3 Å². The Labute approximate surface area is 209 Å². The number of aliphatic hydroxyl groups excluding tert-OH is 1. The van der Waals surface area contributed by atoms with E-state index in [1.54, 1.807) is 0 Å². The molecule has 0 radical (unpaired) electrons. The maximum absolute atomic E-state index is 13.8. The van der Waals surface area contributed by atoms with Gasteiger partial charge in [-0.25, -0.2) is 13.6 Å². The molecule has 1 amide bonds. The molecule has 1 heterocycles.